The van der Waals surface area contributed by atoms with Crippen LogP contribution in [0.15, 0.2) is 23.8 Å². The van der Waals surface area contributed by atoms with Crippen molar-refractivity contribution in [3.05, 3.63) is 23.8 Å². The van der Waals surface area contributed by atoms with Crippen LogP contribution in [0.5, 0.6) is 0 Å². The zero-order valence-corrected chi connectivity index (χ0v) is 17.7. The first-order valence-corrected chi connectivity index (χ1v) is 13.0. The number of rotatable bonds is 6. The molecule has 1 saturated carbocycles. The third-order valence-electron chi connectivity index (χ3n) is 5.62. The molecule has 0 aromatic heterocycles. The van der Waals surface area contributed by atoms with E-state index in [0.29, 0.717) is 11.7 Å². The fourth-order valence-electron chi connectivity index (χ4n) is 4.82. The molecule has 0 bridgehead atoms. The molecule has 1 fully saturated rings. The molecule has 0 heterocycles. The van der Waals surface area contributed by atoms with Crippen LogP contribution in [-0.2, 0) is 9.22 Å². The summed E-state index contributed by atoms with van der Waals surface area (Å²) in [7, 11) is -1.54. The second kappa shape index (κ2) is 6.91. The van der Waals surface area contributed by atoms with Gasteiger partial charge in [-0.2, -0.15) is 0 Å². The largest absolute Gasteiger partial charge is 0.409 e. The van der Waals surface area contributed by atoms with Crippen molar-refractivity contribution in [3.63, 3.8) is 0 Å². The summed E-state index contributed by atoms with van der Waals surface area (Å²) in [5.41, 5.74) is 1.45. The van der Waals surface area contributed by atoms with Crippen LogP contribution < -0.4 is 0 Å². The Morgan fingerprint density at radius 2 is 2.08 bits per heavy atom. The smallest absolute Gasteiger partial charge is 0.184 e. The van der Waals surface area contributed by atoms with E-state index in [1.807, 2.05) is 0 Å². The zero-order chi connectivity index (χ0) is 18.2. The summed E-state index contributed by atoms with van der Waals surface area (Å²) in [6, 6.07) is 0. The van der Waals surface area contributed by atoms with E-state index in [1.165, 1.54) is 12.0 Å². The van der Waals surface area contributed by atoms with Crippen LogP contribution in [0.25, 0.3) is 0 Å². The first-order valence-electron chi connectivity index (χ1n) is 9.56. The van der Waals surface area contributed by atoms with Gasteiger partial charge in [0.05, 0.1) is 5.60 Å². The molecule has 1 unspecified atom stereocenters. The van der Waals surface area contributed by atoms with Crippen LogP contribution >= 0.6 is 0 Å². The topological polar surface area (TPSA) is 26.3 Å². The molecular formula is C21H36O2Si. The van der Waals surface area contributed by atoms with Gasteiger partial charge in [-0.25, -0.2) is 0 Å². The Bertz CT molecular complexity index is 539. The molecule has 0 saturated heterocycles. The lowest BCUT2D eigenvalue weighted by Gasteiger charge is -2.40. The molecular weight excluding hydrogens is 312 g/mol. The zero-order valence-electron chi connectivity index (χ0n) is 16.7. The molecule has 2 nitrogen and oxygen atoms in total. The molecule has 136 valence electrons. The minimum Gasteiger partial charge on any atom is -0.409 e. The van der Waals surface area contributed by atoms with E-state index in [2.05, 4.69) is 65.6 Å². The predicted octanol–water partition coefficient (Wildman–Crippen LogP) is 5.90. The molecule has 0 amide bonds. The van der Waals surface area contributed by atoms with E-state index in [0.717, 1.165) is 25.7 Å². The van der Waals surface area contributed by atoms with Crippen molar-refractivity contribution < 1.29 is 9.22 Å². The average Bonchev–Trinajstić information content (AvgIpc) is 2.74. The van der Waals surface area contributed by atoms with E-state index in [-0.39, 0.29) is 16.9 Å². The molecule has 0 aromatic carbocycles. The van der Waals surface area contributed by atoms with Crippen LogP contribution in [0.2, 0.25) is 19.6 Å². The lowest BCUT2D eigenvalue weighted by Crippen LogP contribution is -2.37. The number of ketones is 1. The molecule has 3 atom stereocenters. The maximum Gasteiger partial charge on any atom is 0.184 e. The molecule has 2 aliphatic rings. The van der Waals surface area contributed by atoms with Gasteiger partial charge in [0.15, 0.2) is 8.32 Å². The van der Waals surface area contributed by atoms with Crippen LogP contribution in [0, 0.1) is 17.3 Å². The highest BCUT2D eigenvalue weighted by molar-refractivity contribution is 6.69. The van der Waals surface area contributed by atoms with Gasteiger partial charge in [-0.1, -0.05) is 37.6 Å². The van der Waals surface area contributed by atoms with Crippen LogP contribution in [-0.4, -0.2) is 19.7 Å². The first kappa shape index (κ1) is 19.6. The van der Waals surface area contributed by atoms with Gasteiger partial charge in [0, 0.05) is 12.3 Å². The number of hydrogen-bond acceptors (Lipinski definition) is 2. The van der Waals surface area contributed by atoms with E-state index in [1.54, 1.807) is 0 Å². The fourth-order valence-corrected chi connectivity index (χ4v) is 6.47. The van der Waals surface area contributed by atoms with Crippen molar-refractivity contribution in [1.29, 1.82) is 0 Å². The SMILES string of the molecule is C[C@H](C/C=C/C(C)(C)O[Si](C)(C)C)C1=CCC2C(=O)CCC[C@]12C. The fraction of sp³-hybridized carbons (Fsp3) is 0.762. The van der Waals surface area contributed by atoms with E-state index < -0.39 is 8.32 Å². The number of fused-ring (bicyclic) bond motifs is 1. The summed E-state index contributed by atoms with van der Waals surface area (Å²) in [6.45, 7) is 15.6. The summed E-state index contributed by atoms with van der Waals surface area (Å²) < 4.78 is 6.25. The number of hydrogen-bond donors (Lipinski definition) is 0. The van der Waals surface area contributed by atoms with Crippen molar-refractivity contribution in [2.75, 3.05) is 0 Å². The highest BCUT2D eigenvalue weighted by Gasteiger charge is 2.47. The molecule has 3 heteroatoms. The number of allylic oxidation sites excluding steroid dienone is 3. The third-order valence-corrected chi connectivity index (χ3v) is 6.76. The quantitative estimate of drug-likeness (QED) is 0.441. The van der Waals surface area contributed by atoms with Crippen LogP contribution in [0.4, 0.5) is 0 Å². The van der Waals surface area contributed by atoms with Gasteiger partial charge >= 0.3 is 0 Å². The highest BCUT2D eigenvalue weighted by atomic mass is 28.4. The molecule has 0 aliphatic heterocycles. The maximum absolute atomic E-state index is 12.3. The Morgan fingerprint density at radius 3 is 2.71 bits per heavy atom. The molecule has 2 aliphatic carbocycles. The lowest BCUT2D eigenvalue weighted by atomic mass is 9.63. The summed E-state index contributed by atoms with van der Waals surface area (Å²) in [6.07, 6.45) is 11.9. The van der Waals surface area contributed by atoms with Gasteiger partial charge in [-0.3, -0.25) is 4.79 Å². The van der Waals surface area contributed by atoms with Crippen molar-refractivity contribution in [2.45, 2.75) is 85.0 Å². The van der Waals surface area contributed by atoms with E-state index in [4.69, 9.17) is 4.43 Å². The first-order chi connectivity index (χ1) is 10.9. The summed E-state index contributed by atoms with van der Waals surface area (Å²) in [4.78, 5) is 12.3. The highest BCUT2D eigenvalue weighted by Crippen LogP contribution is 2.53. The molecule has 0 radical (unpaired) electrons. The van der Waals surface area contributed by atoms with Crippen LogP contribution in [0.1, 0.15) is 59.8 Å². The Hall–Kier alpha value is -0.673. The van der Waals surface area contributed by atoms with Crippen molar-refractivity contribution in [2.24, 2.45) is 17.3 Å². The monoisotopic (exact) mass is 348 g/mol. The lowest BCUT2D eigenvalue weighted by molar-refractivity contribution is -0.128. The second-order valence-corrected chi connectivity index (χ2v) is 14.0. The summed E-state index contributed by atoms with van der Waals surface area (Å²) in [5.74, 6) is 1.24. The van der Waals surface area contributed by atoms with Gasteiger partial charge in [0.2, 0.25) is 0 Å². The molecule has 0 N–H and O–H groups in total. The van der Waals surface area contributed by atoms with Crippen LogP contribution in [0.3, 0.4) is 0 Å². The van der Waals surface area contributed by atoms with Gasteiger partial charge in [0.1, 0.15) is 5.78 Å². The van der Waals surface area contributed by atoms with E-state index >= 15 is 0 Å². The van der Waals surface area contributed by atoms with Crippen molar-refractivity contribution in [1.82, 2.24) is 0 Å². The Labute approximate surface area is 149 Å². The van der Waals surface area contributed by atoms with Crippen molar-refractivity contribution >= 4 is 14.1 Å². The maximum atomic E-state index is 12.3. The Balaban J connectivity index is 1.99. The van der Waals surface area contributed by atoms with Gasteiger partial charge in [-0.15, -0.1) is 0 Å². The number of Topliss-reactive ketones (excluding diaryl/α,β-unsaturated/α-hetero) is 1. The molecule has 24 heavy (non-hydrogen) atoms. The molecule has 0 aromatic rings. The predicted molar refractivity (Wildman–Crippen MR) is 105 cm³/mol. The van der Waals surface area contributed by atoms with E-state index in [9.17, 15) is 4.79 Å². The Kier molecular flexibility index (Phi) is 5.66. The van der Waals surface area contributed by atoms with Gasteiger partial charge < -0.3 is 4.43 Å². The number of carbonyl (C=O) groups excluding carboxylic acids is 1. The molecule has 0 spiro atoms. The van der Waals surface area contributed by atoms with Gasteiger partial charge in [-0.05, 0) is 70.5 Å². The average molecular weight is 349 g/mol. The minimum atomic E-state index is -1.54. The number of carbonyl (C=O) groups is 1. The summed E-state index contributed by atoms with van der Waals surface area (Å²) in [5, 5.41) is 0. The summed E-state index contributed by atoms with van der Waals surface area (Å²) >= 11 is 0. The van der Waals surface area contributed by atoms with Crippen molar-refractivity contribution in [3.8, 4) is 0 Å². The minimum absolute atomic E-state index is 0.118. The normalized spacial score (nSPS) is 29.7. The van der Waals surface area contributed by atoms with Gasteiger partial charge in [0.25, 0.3) is 0 Å². The third kappa shape index (κ3) is 4.48. The second-order valence-electron chi connectivity index (χ2n) is 9.54. The Morgan fingerprint density at radius 1 is 1.42 bits per heavy atom. The molecule has 2 rings (SSSR count). The standard InChI is InChI=1S/C21H36O2Si/c1-16(10-8-14-20(2,3)23-24(5,6)7)17-12-13-18-19(22)11-9-15-21(17,18)4/h8,12,14,16,18H,9-11,13,15H2,1-7H3/b14-8+/t16-,18?,21-/m1/s1.